The molecule has 3 N–H and O–H groups in total. The summed E-state index contributed by atoms with van der Waals surface area (Å²) >= 11 is 0. The van der Waals surface area contributed by atoms with E-state index in [0.717, 1.165) is 19.5 Å². The van der Waals surface area contributed by atoms with Gasteiger partial charge in [0, 0.05) is 12.2 Å². The lowest BCUT2D eigenvalue weighted by Crippen LogP contribution is -2.15. The number of nitrogens with one attached hydrogen (secondary N) is 1. The minimum absolute atomic E-state index is 0.734. The highest BCUT2D eigenvalue weighted by Gasteiger charge is 2.10. The third kappa shape index (κ3) is 1.68. The molecule has 0 unspecified atom stereocenters. The van der Waals surface area contributed by atoms with Crippen molar-refractivity contribution < 1.29 is 0 Å². The van der Waals surface area contributed by atoms with Gasteiger partial charge in [-0.3, -0.25) is 0 Å². The lowest BCUT2D eigenvalue weighted by molar-refractivity contribution is 0.821. The number of fused-ring (bicyclic) bond motifs is 1. The molecular formula is C11H16N2. The highest BCUT2D eigenvalue weighted by atomic mass is 14.9. The smallest absolute Gasteiger partial charge is 0.0405 e. The molecule has 13 heavy (non-hydrogen) atoms. The molecule has 0 aromatic heterocycles. The summed E-state index contributed by atoms with van der Waals surface area (Å²) < 4.78 is 0. The Morgan fingerprint density at radius 3 is 3.15 bits per heavy atom. The monoisotopic (exact) mass is 176 g/mol. The van der Waals surface area contributed by atoms with Gasteiger partial charge in [0.15, 0.2) is 0 Å². The molecule has 1 heterocycles. The fourth-order valence-electron chi connectivity index (χ4n) is 1.94. The first-order valence-electron chi connectivity index (χ1n) is 4.96. The van der Waals surface area contributed by atoms with Crippen molar-refractivity contribution in [2.45, 2.75) is 19.3 Å². The van der Waals surface area contributed by atoms with E-state index in [9.17, 15) is 0 Å². The van der Waals surface area contributed by atoms with Crippen molar-refractivity contribution in [3.05, 3.63) is 29.3 Å². The number of hydrogen-bond donors (Lipinski definition) is 2. The van der Waals surface area contributed by atoms with E-state index in [-0.39, 0.29) is 0 Å². The maximum atomic E-state index is 5.57. The molecule has 0 spiro atoms. The van der Waals surface area contributed by atoms with Crippen molar-refractivity contribution in [3.63, 3.8) is 0 Å². The third-order valence-electron chi connectivity index (χ3n) is 2.58. The van der Waals surface area contributed by atoms with Crippen molar-refractivity contribution in [2.24, 2.45) is 5.73 Å². The molecule has 0 atom stereocenters. The number of hydrogen-bond acceptors (Lipinski definition) is 2. The van der Waals surface area contributed by atoms with Gasteiger partial charge in [-0.25, -0.2) is 0 Å². The zero-order valence-electron chi connectivity index (χ0n) is 7.84. The zero-order chi connectivity index (χ0) is 9.10. The van der Waals surface area contributed by atoms with E-state index in [1.54, 1.807) is 0 Å². The van der Waals surface area contributed by atoms with Crippen LogP contribution in [0.4, 0.5) is 5.69 Å². The SMILES string of the molecule is NCCc1cccc2c1NCCC2. The standard InChI is InChI=1S/C11H16N2/c12-7-6-10-4-1-3-9-5-2-8-13-11(9)10/h1,3-4,13H,2,5-8,12H2. The second-order valence-electron chi connectivity index (χ2n) is 3.52. The Hall–Kier alpha value is -1.02. The van der Waals surface area contributed by atoms with Crippen LogP contribution in [-0.4, -0.2) is 13.1 Å². The van der Waals surface area contributed by atoms with Crippen LogP contribution in [0.5, 0.6) is 0 Å². The van der Waals surface area contributed by atoms with E-state index in [1.807, 2.05) is 0 Å². The highest BCUT2D eigenvalue weighted by Crippen LogP contribution is 2.25. The molecule has 1 aliphatic heterocycles. The van der Waals surface area contributed by atoms with Crippen LogP contribution >= 0.6 is 0 Å². The summed E-state index contributed by atoms with van der Waals surface area (Å²) in [6.07, 6.45) is 3.44. The van der Waals surface area contributed by atoms with E-state index in [0.29, 0.717) is 0 Å². The van der Waals surface area contributed by atoms with Gasteiger partial charge in [-0.2, -0.15) is 0 Å². The molecule has 2 nitrogen and oxygen atoms in total. The lowest BCUT2D eigenvalue weighted by Gasteiger charge is -2.20. The number of anilines is 1. The van der Waals surface area contributed by atoms with Gasteiger partial charge in [-0.05, 0) is 36.9 Å². The van der Waals surface area contributed by atoms with Crippen molar-refractivity contribution in [1.82, 2.24) is 0 Å². The van der Waals surface area contributed by atoms with Gasteiger partial charge in [0.25, 0.3) is 0 Å². The summed E-state index contributed by atoms with van der Waals surface area (Å²) in [7, 11) is 0. The molecule has 2 rings (SSSR count). The summed E-state index contributed by atoms with van der Waals surface area (Å²) in [5.41, 5.74) is 9.74. The fraction of sp³-hybridized carbons (Fsp3) is 0.455. The fourth-order valence-corrected chi connectivity index (χ4v) is 1.94. The molecule has 1 aromatic rings. The van der Waals surface area contributed by atoms with E-state index in [2.05, 4.69) is 23.5 Å². The molecule has 70 valence electrons. The van der Waals surface area contributed by atoms with Crippen LogP contribution in [0.2, 0.25) is 0 Å². The summed E-state index contributed by atoms with van der Waals surface area (Å²) in [4.78, 5) is 0. The molecule has 0 radical (unpaired) electrons. The predicted octanol–water partition coefficient (Wildman–Crippen LogP) is 1.55. The van der Waals surface area contributed by atoms with Gasteiger partial charge in [0.2, 0.25) is 0 Å². The van der Waals surface area contributed by atoms with Crippen molar-refractivity contribution in [3.8, 4) is 0 Å². The molecule has 2 heteroatoms. The number of nitrogens with two attached hydrogens (primary N) is 1. The van der Waals surface area contributed by atoms with Crippen molar-refractivity contribution in [2.75, 3.05) is 18.4 Å². The summed E-state index contributed by atoms with van der Waals surface area (Å²) in [5, 5.41) is 3.46. The number of benzene rings is 1. The Balaban J connectivity index is 2.34. The quantitative estimate of drug-likeness (QED) is 0.717. The topological polar surface area (TPSA) is 38.0 Å². The van der Waals surface area contributed by atoms with Crippen molar-refractivity contribution in [1.29, 1.82) is 0 Å². The van der Waals surface area contributed by atoms with Crippen LogP contribution in [0.1, 0.15) is 17.5 Å². The highest BCUT2D eigenvalue weighted by molar-refractivity contribution is 5.59. The number of para-hydroxylation sites is 1. The average Bonchev–Trinajstić information content (AvgIpc) is 2.19. The average molecular weight is 176 g/mol. The van der Waals surface area contributed by atoms with Crippen LogP contribution in [0.25, 0.3) is 0 Å². The molecule has 0 fully saturated rings. The van der Waals surface area contributed by atoms with Gasteiger partial charge < -0.3 is 11.1 Å². The molecule has 0 aliphatic carbocycles. The number of rotatable bonds is 2. The maximum absolute atomic E-state index is 5.57. The normalized spacial score (nSPS) is 14.8. The largest absolute Gasteiger partial charge is 0.385 e. The Morgan fingerprint density at radius 1 is 1.38 bits per heavy atom. The van der Waals surface area contributed by atoms with Gasteiger partial charge in [0.05, 0.1) is 0 Å². The Bertz CT molecular complexity index is 294. The molecule has 0 amide bonds. The molecule has 0 saturated carbocycles. The molecular weight excluding hydrogens is 160 g/mol. The first-order valence-corrected chi connectivity index (χ1v) is 4.96. The number of aryl methyl sites for hydroxylation is 1. The lowest BCUT2D eigenvalue weighted by atomic mass is 9.98. The molecule has 1 aromatic carbocycles. The first-order chi connectivity index (χ1) is 6.42. The summed E-state index contributed by atoms with van der Waals surface area (Å²) in [6.45, 7) is 1.84. The van der Waals surface area contributed by atoms with Crippen LogP contribution in [0.15, 0.2) is 18.2 Å². The van der Waals surface area contributed by atoms with Crippen LogP contribution in [0.3, 0.4) is 0 Å². The Labute approximate surface area is 79.1 Å². The molecule has 0 saturated heterocycles. The van der Waals surface area contributed by atoms with E-state index in [1.165, 1.54) is 29.7 Å². The van der Waals surface area contributed by atoms with Crippen LogP contribution in [-0.2, 0) is 12.8 Å². The second-order valence-corrected chi connectivity index (χ2v) is 3.52. The summed E-state index contributed by atoms with van der Waals surface area (Å²) in [6, 6.07) is 6.52. The van der Waals surface area contributed by atoms with Gasteiger partial charge in [-0.15, -0.1) is 0 Å². The molecule has 0 bridgehead atoms. The van der Waals surface area contributed by atoms with Crippen LogP contribution < -0.4 is 11.1 Å². The predicted molar refractivity (Wildman–Crippen MR) is 56.0 cm³/mol. The minimum Gasteiger partial charge on any atom is -0.385 e. The van der Waals surface area contributed by atoms with Crippen molar-refractivity contribution >= 4 is 5.69 Å². The zero-order valence-corrected chi connectivity index (χ0v) is 7.84. The van der Waals surface area contributed by atoms with Gasteiger partial charge in [0.1, 0.15) is 0 Å². The summed E-state index contributed by atoms with van der Waals surface area (Å²) in [5.74, 6) is 0. The molecule has 1 aliphatic rings. The maximum Gasteiger partial charge on any atom is 0.0405 e. The van der Waals surface area contributed by atoms with Gasteiger partial charge >= 0.3 is 0 Å². The van der Waals surface area contributed by atoms with Crippen LogP contribution in [0, 0.1) is 0 Å². The minimum atomic E-state index is 0.734. The second kappa shape index (κ2) is 3.79. The van der Waals surface area contributed by atoms with Gasteiger partial charge in [-0.1, -0.05) is 18.2 Å². The third-order valence-corrected chi connectivity index (χ3v) is 2.58. The first kappa shape index (κ1) is 8.57. The Kier molecular flexibility index (Phi) is 2.50. The van der Waals surface area contributed by atoms with E-state index in [4.69, 9.17) is 5.73 Å². The Morgan fingerprint density at radius 2 is 2.31 bits per heavy atom. The van der Waals surface area contributed by atoms with E-state index >= 15 is 0 Å². The van der Waals surface area contributed by atoms with E-state index < -0.39 is 0 Å².